The molecule has 1 amide bonds. The van der Waals surface area contributed by atoms with E-state index in [1.54, 1.807) is 0 Å². The highest BCUT2D eigenvalue weighted by atomic mass is 16.7. The van der Waals surface area contributed by atoms with Gasteiger partial charge < -0.3 is 15.0 Å². The summed E-state index contributed by atoms with van der Waals surface area (Å²) in [6.45, 7) is 8.83. The molecule has 6 atom stereocenters. The van der Waals surface area contributed by atoms with Gasteiger partial charge in [-0.3, -0.25) is 4.79 Å². The van der Waals surface area contributed by atoms with Gasteiger partial charge in [-0.05, 0) is 49.0 Å². The number of hydrogen-bond acceptors (Lipinski definition) is 3. The average molecular weight is 355 g/mol. The van der Waals surface area contributed by atoms with Crippen LogP contribution < -0.4 is 5.73 Å². The molecule has 1 aromatic rings. The SMILES string of the molecule is CC(C(N)=O)[C@H](Cc1ccccc1)B1O[C@@H]2C[C@@H]3C[C@@H](C3(C)C)[C@]2(C)O1. The van der Waals surface area contributed by atoms with Crippen molar-refractivity contribution in [2.24, 2.45) is 28.9 Å². The van der Waals surface area contributed by atoms with Crippen LogP contribution >= 0.6 is 0 Å². The summed E-state index contributed by atoms with van der Waals surface area (Å²) in [6, 6.07) is 10.2. The van der Waals surface area contributed by atoms with Crippen molar-refractivity contribution in [3.05, 3.63) is 35.9 Å². The average Bonchev–Trinajstić information content (AvgIpc) is 2.96. The zero-order valence-electron chi connectivity index (χ0n) is 16.3. The van der Waals surface area contributed by atoms with E-state index in [2.05, 4.69) is 32.9 Å². The van der Waals surface area contributed by atoms with E-state index < -0.39 is 0 Å². The molecule has 1 aromatic carbocycles. The Labute approximate surface area is 157 Å². The summed E-state index contributed by atoms with van der Waals surface area (Å²) < 4.78 is 13.1. The number of rotatable bonds is 5. The van der Waals surface area contributed by atoms with Gasteiger partial charge in [0.05, 0.1) is 11.7 Å². The van der Waals surface area contributed by atoms with E-state index in [0.29, 0.717) is 17.3 Å². The highest BCUT2D eigenvalue weighted by molar-refractivity contribution is 6.48. The van der Waals surface area contributed by atoms with E-state index in [1.165, 1.54) is 12.0 Å². The third-order valence-corrected chi connectivity index (χ3v) is 7.72. The molecule has 1 saturated heterocycles. The maximum atomic E-state index is 12.0. The molecular formula is C21H30BNO3. The Bertz CT molecular complexity index is 694. The quantitative estimate of drug-likeness (QED) is 0.823. The van der Waals surface area contributed by atoms with Gasteiger partial charge in [0.25, 0.3) is 0 Å². The Kier molecular flexibility index (Phi) is 4.24. The second-order valence-corrected chi connectivity index (χ2v) is 9.38. The first kappa shape index (κ1) is 18.1. The lowest BCUT2D eigenvalue weighted by Crippen LogP contribution is -2.65. The van der Waals surface area contributed by atoms with Crippen molar-refractivity contribution in [3.63, 3.8) is 0 Å². The van der Waals surface area contributed by atoms with Crippen molar-refractivity contribution in [2.45, 2.75) is 64.5 Å². The summed E-state index contributed by atoms with van der Waals surface area (Å²) in [6.07, 6.45) is 3.14. The van der Waals surface area contributed by atoms with Crippen LogP contribution in [-0.2, 0) is 20.5 Å². The Morgan fingerprint density at radius 3 is 2.58 bits per heavy atom. The molecular weight excluding hydrogens is 325 g/mol. The van der Waals surface area contributed by atoms with Crippen LogP contribution in [0, 0.1) is 23.2 Å². The van der Waals surface area contributed by atoms with Gasteiger partial charge in [0, 0.05) is 11.7 Å². The molecule has 0 spiro atoms. The largest absolute Gasteiger partial charge is 0.462 e. The molecule has 3 saturated carbocycles. The zero-order valence-corrected chi connectivity index (χ0v) is 16.3. The lowest BCUT2D eigenvalue weighted by Gasteiger charge is -2.64. The predicted molar refractivity (Wildman–Crippen MR) is 102 cm³/mol. The third-order valence-electron chi connectivity index (χ3n) is 7.72. The molecule has 4 nitrogen and oxygen atoms in total. The summed E-state index contributed by atoms with van der Waals surface area (Å²) in [5, 5.41) is 0. The second kappa shape index (κ2) is 6.10. The molecule has 2 bridgehead atoms. The standard InChI is InChI=1S/C21H30BNO3/c1-13(19(23)24)16(10-14-8-6-5-7-9-14)22-25-18-12-15-11-17(20(15,2)3)21(18,4)26-22/h5-9,13,15-18H,10-12H2,1-4H3,(H2,23,24)/t13?,15-,16-,17-,18+,21-/m0/s1. The van der Waals surface area contributed by atoms with Crippen LogP contribution in [0.5, 0.6) is 0 Å². The van der Waals surface area contributed by atoms with Crippen LogP contribution in [0.25, 0.3) is 0 Å². The van der Waals surface area contributed by atoms with Gasteiger partial charge >= 0.3 is 7.12 Å². The number of primary amides is 1. The van der Waals surface area contributed by atoms with Crippen LogP contribution in [0.4, 0.5) is 0 Å². The number of nitrogens with two attached hydrogens (primary N) is 1. The van der Waals surface area contributed by atoms with Crippen molar-refractivity contribution in [3.8, 4) is 0 Å². The van der Waals surface area contributed by atoms with E-state index in [0.717, 1.165) is 12.8 Å². The molecule has 4 fully saturated rings. The maximum absolute atomic E-state index is 12.0. The summed E-state index contributed by atoms with van der Waals surface area (Å²) >= 11 is 0. The van der Waals surface area contributed by atoms with Crippen molar-refractivity contribution >= 4 is 13.0 Å². The van der Waals surface area contributed by atoms with Crippen LogP contribution in [0.3, 0.4) is 0 Å². The fraction of sp³-hybridized carbons (Fsp3) is 0.667. The van der Waals surface area contributed by atoms with Gasteiger partial charge in [0.1, 0.15) is 0 Å². The Morgan fingerprint density at radius 2 is 1.96 bits per heavy atom. The minimum Gasteiger partial charge on any atom is -0.405 e. The van der Waals surface area contributed by atoms with Gasteiger partial charge in [0.2, 0.25) is 5.91 Å². The molecule has 1 heterocycles. The normalized spacial score (nSPS) is 36.8. The van der Waals surface area contributed by atoms with Crippen LogP contribution in [-0.4, -0.2) is 24.7 Å². The zero-order chi connectivity index (χ0) is 18.7. The van der Waals surface area contributed by atoms with Crippen LogP contribution in [0.15, 0.2) is 30.3 Å². The first-order valence-corrected chi connectivity index (χ1v) is 9.90. The number of carbonyl (C=O) groups is 1. The van der Waals surface area contributed by atoms with E-state index in [9.17, 15) is 4.79 Å². The molecule has 4 aliphatic rings. The van der Waals surface area contributed by atoms with E-state index in [1.807, 2.05) is 25.1 Å². The third kappa shape index (κ3) is 2.63. The van der Waals surface area contributed by atoms with Crippen molar-refractivity contribution in [1.82, 2.24) is 0 Å². The molecule has 26 heavy (non-hydrogen) atoms. The van der Waals surface area contributed by atoms with Crippen molar-refractivity contribution in [1.29, 1.82) is 0 Å². The molecule has 3 aliphatic carbocycles. The van der Waals surface area contributed by atoms with Gasteiger partial charge in [-0.15, -0.1) is 0 Å². The number of hydrogen-bond donors (Lipinski definition) is 1. The Morgan fingerprint density at radius 1 is 1.27 bits per heavy atom. The van der Waals surface area contributed by atoms with Gasteiger partial charge in [-0.1, -0.05) is 51.1 Å². The lowest BCUT2D eigenvalue weighted by atomic mass is 9.43. The molecule has 5 heteroatoms. The number of amides is 1. The maximum Gasteiger partial charge on any atom is 0.462 e. The molecule has 140 valence electrons. The van der Waals surface area contributed by atoms with E-state index in [4.69, 9.17) is 15.0 Å². The molecule has 2 N–H and O–H groups in total. The smallest absolute Gasteiger partial charge is 0.405 e. The number of carbonyl (C=O) groups excluding carboxylic acids is 1. The highest BCUT2D eigenvalue weighted by Gasteiger charge is 2.68. The molecule has 1 aliphatic heterocycles. The first-order valence-electron chi connectivity index (χ1n) is 9.90. The van der Waals surface area contributed by atoms with Crippen LogP contribution in [0.1, 0.15) is 46.1 Å². The van der Waals surface area contributed by atoms with Crippen LogP contribution in [0.2, 0.25) is 5.82 Å². The van der Waals surface area contributed by atoms with Crippen molar-refractivity contribution in [2.75, 3.05) is 0 Å². The summed E-state index contributed by atoms with van der Waals surface area (Å²) in [5.74, 6) is 0.575. The minimum atomic E-state index is -0.372. The molecule has 1 unspecified atom stereocenters. The molecule has 0 aromatic heterocycles. The van der Waals surface area contributed by atoms with E-state index in [-0.39, 0.29) is 36.5 Å². The van der Waals surface area contributed by atoms with E-state index >= 15 is 0 Å². The predicted octanol–water partition coefficient (Wildman–Crippen LogP) is 3.45. The number of benzene rings is 1. The topological polar surface area (TPSA) is 61.6 Å². The fourth-order valence-corrected chi connectivity index (χ4v) is 5.69. The van der Waals surface area contributed by atoms with Gasteiger partial charge in [0.15, 0.2) is 0 Å². The van der Waals surface area contributed by atoms with Gasteiger partial charge in [-0.2, -0.15) is 0 Å². The second-order valence-electron chi connectivity index (χ2n) is 9.38. The first-order chi connectivity index (χ1) is 12.2. The van der Waals surface area contributed by atoms with Crippen molar-refractivity contribution < 1.29 is 14.1 Å². The fourth-order valence-electron chi connectivity index (χ4n) is 5.69. The Hall–Kier alpha value is -1.33. The summed E-state index contributed by atoms with van der Waals surface area (Å²) in [7, 11) is -0.372. The lowest BCUT2D eigenvalue weighted by molar-refractivity contribution is -0.199. The van der Waals surface area contributed by atoms with Gasteiger partial charge in [-0.25, -0.2) is 0 Å². The summed E-state index contributed by atoms with van der Waals surface area (Å²) in [4.78, 5) is 12.0. The molecule has 5 rings (SSSR count). The minimum absolute atomic E-state index is 0.0716. The highest BCUT2D eigenvalue weighted by Crippen LogP contribution is 2.66. The molecule has 0 radical (unpaired) electrons. The summed E-state index contributed by atoms with van der Waals surface area (Å²) in [5.41, 5.74) is 6.91. The Balaban J connectivity index is 1.58. The monoisotopic (exact) mass is 355 g/mol.